The van der Waals surface area contributed by atoms with E-state index in [0.29, 0.717) is 11.1 Å². The Labute approximate surface area is 175 Å². The highest BCUT2D eigenvalue weighted by molar-refractivity contribution is 6.39. The van der Waals surface area contributed by atoms with Crippen molar-refractivity contribution < 1.29 is 14.3 Å². The highest BCUT2D eigenvalue weighted by Crippen LogP contribution is 2.52. The highest BCUT2D eigenvalue weighted by atomic mass is 16.5. The second-order valence-corrected chi connectivity index (χ2v) is 8.57. The summed E-state index contributed by atoms with van der Waals surface area (Å²) >= 11 is 0. The summed E-state index contributed by atoms with van der Waals surface area (Å²) in [7, 11) is 0. The molecule has 0 unspecified atom stereocenters. The zero-order chi connectivity index (χ0) is 20.6. The van der Waals surface area contributed by atoms with Crippen molar-refractivity contribution in [1.82, 2.24) is 14.1 Å². The molecule has 0 spiro atoms. The van der Waals surface area contributed by atoms with Crippen LogP contribution < -0.4 is 5.84 Å². The van der Waals surface area contributed by atoms with Gasteiger partial charge in [-0.2, -0.15) is 0 Å². The number of fused-ring (bicyclic) bond motifs is 13. The molecule has 7 nitrogen and oxygen atoms in total. The van der Waals surface area contributed by atoms with Crippen LogP contribution in [0.15, 0.2) is 48.5 Å². The minimum absolute atomic E-state index is 0.117. The van der Waals surface area contributed by atoms with E-state index in [1.165, 1.54) is 0 Å². The summed E-state index contributed by atoms with van der Waals surface area (Å²) in [4.78, 5) is 26.5. The number of carbonyl (C=O) groups is 2. The number of amides is 2. The number of rotatable bonds is 0. The summed E-state index contributed by atoms with van der Waals surface area (Å²) in [6.07, 6.45) is 1.54. The van der Waals surface area contributed by atoms with Crippen molar-refractivity contribution in [1.29, 1.82) is 0 Å². The van der Waals surface area contributed by atoms with E-state index < -0.39 is 11.8 Å². The number of imide groups is 1. The van der Waals surface area contributed by atoms with Crippen molar-refractivity contribution in [2.45, 2.75) is 25.3 Å². The lowest BCUT2D eigenvalue weighted by atomic mass is 9.96. The fraction of sp³-hybridized carbons (Fsp3) is 0.167. The van der Waals surface area contributed by atoms with Gasteiger partial charge in [-0.05, 0) is 25.0 Å². The van der Waals surface area contributed by atoms with Gasteiger partial charge in [0, 0.05) is 21.5 Å². The van der Waals surface area contributed by atoms with E-state index in [4.69, 9.17) is 10.6 Å². The summed E-state index contributed by atoms with van der Waals surface area (Å²) in [5.41, 5.74) is 4.74. The monoisotopic (exact) mass is 408 g/mol. The number of ether oxygens (including phenoxy) is 1. The normalized spacial score (nSPS) is 22.0. The molecule has 1 fully saturated rings. The molecular formula is C24H16N4O3. The molecule has 5 aromatic rings. The largest absolute Gasteiger partial charge is 0.335 e. The van der Waals surface area contributed by atoms with Gasteiger partial charge in [-0.25, -0.2) is 10.9 Å². The summed E-state index contributed by atoms with van der Waals surface area (Å²) in [5.74, 6) is 5.07. The van der Waals surface area contributed by atoms with Gasteiger partial charge in [-0.1, -0.05) is 36.4 Å². The Bertz CT molecular complexity index is 1570. The third-order valence-corrected chi connectivity index (χ3v) is 7.21. The van der Waals surface area contributed by atoms with E-state index in [2.05, 4.69) is 21.3 Å². The van der Waals surface area contributed by atoms with Crippen molar-refractivity contribution in [3.8, 4) is 0 Å². The first kappa shape index (κ1) is 16.1. The summed E-state index contributed by atoms with van der Waals surface area (Å²) in [6.45, 7) is 0. The lowest BCUT2D eigenvalue weighted by molar-refractivity contribution is -0.0229. The fourth-order valence-electron chi connectivity index (χ4n) is 6.09. The molecule has 5 heterocycles. The molecule has 0 radical (unpaired) electrons. The van der Waals surface area contributed by atoms with Gasteiger partial charge in [0.05, 0.1) is 33.2 Å². The van der Waals surface area contributed by atoms with Crippen LogP contribution in [0.4, 0.5) is 0 Å². The first-order valence-corrected chi connectivity index (χ1v) is 10.5. The predicted molar refractivity (Wildman–Crippen MR) is 116 cm³/mol. The zero-order valence-electron chi connectivity index (χ0n) is 16.3. The number of nitrogens with zero attached hydrogens (tertiary/aromatic N) is 3. The lowest BCUT2D eigenvalue weighted by Gasteiger charge is -2.15. The summed E-state index contributed by atoms with van der Waals surface area (Å²) in [5, 5.41) is 4.24. The molecule has 3 aromatic carbocycles. The van der Waals surface area contributed by atoms with Crippen molar-refractivity contribution in [2.75, 3.05) is 0 Å². The second-order valence-electron chi connectivity index (χ2n) is 8.57. The van der Waals surface area contributed by atoms with Gasteiger partial charge < -0.3 is 13.9 Å². The van der Waals surface area contributed by atoms with Crippen LogP contribution in [-0.4, -0.2) is 26.0 Å². The van der Waals surface area contributed by atoms with Crippen molar-refractivity contribution in [3.05, 3.63) is 59.7 Å². The molecule has 3 aliphatic rings. The Morgan fingerprint density at radius 1 is 0.742 bits per heavy atom. The van der Waals surface area contributed by atoms with E-state index in [1.54, 1.807) is 0 Å². The number of hydrazine groups is 1. The zero-order valence-corrected chi connectivity index (χ0v) is 16.3. The molecule has 8 rings (SSSR count). The quantitative estimate of drug-likeness (QED) is 0.237. The van der Waals surface area contributed by atoms with Gasteiger partial charge in [0.1, 0.15) is 12.5 Å². The van der Waals surface area contributed by atoms with E-state index in [9.17, 15) is 9.59 Å². The molecule has 0 saturated carbocycles. The van der Waals surface area contributed by atoms with Gasteiger partial charge in [0.25, 0.3) is 11.8 Å². The van der Waals surface area contributed by atoms with Gasteiger partial charge in [-0.15, -0.1) is 0 Å². The van der Waals surface area contributed by atoms with Crippen LogP contribution in [0.25, 0.3) is 43.6 Å². The number of hydrogen-bond acceptors (Lipinski definition) is 4. The maximum Gasteiger partial charge on any atom is 0.276 e. The van der Waals surface area contributed by atoms with Gasteiger partial charge in [0.15, 0.2) is 0 Å². The van der Waals surface area contributed by atoms with Crippen molar-refractivity contribution in [2.24, 2.45) is 5.84 Å². The van der Waals surface area contributed by atoms with E-state index >= 15 is 0 Å². The van der Waals surface area contributed by atoms with Gasteiger partial charge in [0.2, 0.25) is 0 Å². The minimum atomic E-state index is -0.447. The maximum absolute atomic E-state index is 13.3. The van der Waals surface area contributed by atoms with Crippen LogP contribution in [0.5, 0.6) is 0 Å². The molecule has 1 saturated heterocycles. The number of benzene rings is 3. The minimum Gasteiger partial charge on any atom is -0.335 e. The summed E-state index contributed by atoms with van der Waals surface area (Å²) < 4.78 is 11.0. The van der Waals surface area contributed by atoms with E-state index in [1.807, 2.05) is 36.4 Å². The Morgan fingerprint density at radius 2 is 1.19 bits per heavy atom. The molecule has 2 bridgehead atoms. The van der Waals surface area contributed by atoms with Crippen LogP contribution >= 0.6 is 0 Å². The Kier molecular flexibility index (Phi) is 2.57. The maximum atomic E-state index is 13.3. The number of hydrogen-bond donors (Lipinski definition) is 1. The molecule has 2 amide bonds. The van der Waals surface area contributed by atoms with Crippen molar-refractivity contribution >= 4 is 55.4 Å². The SMILES string of the molecule is NN1C(=O)c2c(c3c4ccccc4n4c3c3c2c2ccccc2n3[C@@H]2CC[C@H]4O2)C1=O. The molecular weight excluding hydrogens is 392 g/mol. The first-order valence-electron chi connectivity index (χ1n) is 10.5. The van der Waals surface area contributed by atoms with Crippen LogP contribution in [0.3, 0.4) is 0 Å². The van der Waals surface area contributed by atoms with Crippen molar-refractivity contribution in [3.63, 3.8) is 0 Å². The van der Waals surface area contributed by atoms with Crippen LogP contribution in [0.1, 0.15) is 46.0 Å². The molecule has 31 heavy (non-hydrogen) atoms. The molecule has 150 valence electrons. The third kappa shape index (κ3) is 1.58. The average molecular weight is 408 g/mol. The van der Waals surface area contributed by atoms with Gasteiger partial charge in [-0.3, -0.25) is 9.59 Å². The third-order valence-electron chi connectivity index (χ3n) is 7.21. The van der Waals surface area contributed by atoms with Crippen LogP contribution in [-0.2, 0) is 4.74 Å². The predicted octanol–water partition coefficient (Wildman–Crippen LogP) is 4.19. The molecule has 7 heteroatoms. The average Bonchev–Trinajstić information content (AvgIpc) is 3.49. The van der Waals surface area contributed by atoms with E-state index in [-0.39, 0.29) is 12.5 Å². The molecule has 3 aliphatic heterocycles. The topological polar surface area (TPSA) is 82.5 Å². The second kappa shape index (κ2) is 4.96. The fourth-order valence-corrected chi connectivity index (χ4v) is 6.09. The van der Waals surface area contributed by atoms with Gasteiger partial charge >= 0.3 is 0 Å². The number of aromatic nitrogens is 2. The number of para-hydroxylation sites is 2. The summed E-state index contributed by atoms with van der Waals surface area (Å²) in [6, 6.07) is 16.1. The smallest absolute Gasteiger partial charge is 0.276 e. The Hall–Kier alpha value is -3.68. The van der Waals surface area contributed by atoms with E-state index in [0.717, 1.165) is 61.5 Å². The molecule has 2 N–H and O–H groups in total. The number of nitrogens with two attached hydrogens (primary N) is 1. The van der Waals surface area contributed by atoms with Crippen LogP contribution in [0, 0.1) is 0 Å². The number of carbonyl (C=O) groups excluding carboxylic acids is 2. The Balaban J connectivity index is 1.81. The molecule has 2 atom stereocenters. The lowest BCUT2D eigenvalue weighted by Crippen LogP contribution is -2.36. The highest BCUT2D eigenvalue weighted by Gasteiger charge is 2.44. The Morgan fingerprint density at radius 3 is 1.68 bits per heavy atom. The molecule has 0 aliphatic carbocycles. The first-order chi connectivity index (χ1) is 15.2. The molecule has 2 aromatic heterocycles. The standard InChI is InChI=1S/C24H16N4O3/c25-28-23(29)19-17-11-5-1-3-7-13(11)26-15-9-10-16(31-15)27-14-8-4-2-6-12(14)18(20(19)24(28)30)22(27)21(17)26/h1-8,15-16H,9-10,25H2/t15-,16+. The van der Waals surface area contributed by atoms with Crippen LogP contribution in [0.2, 0.25) is 0 Å².